The summed E-state index contributed by atoms with van der Waals surface area (Å²) in [4.78, 5) is 0. The van der Waals surface area contributed by atoms with Crippen LogP contribution in [-0.2, 0) is 12.4 Å². The van der Waals surface area contributed by atoms with Gasteiger partial charge < -0.3 is 0 Å². The molecule has 5 aromatic carbocycles. The molecule has 0 radical (unpaired) electrons. The van der Waals surface area contributed by atoms with Crippen molar-refractivity contribution in [2.75, 3.05) is 0 Å². The summed E-state index contributed by atoms with van der Waals surface area (Å²) >= 11 is 0. The van der Waals surface area contributed by atoms with E-state index in [-0.39, 0.29) is 0 Å². The van der Waals surface area contributed by atoms with Crippen molar-refractivity contribution < 1.29 is 26.3 Å². The Balaban J connectivity index is 1.63. The van der Waals surface area contributed by atoms with E-state index in [1.807, 2.05) is 48.5 Å². The highest BCUT2D eigenvalue weighted by molar-refractivity contribution is 6.09. The predicted octanol–water partition coefficient (Wildman–Crippen LogP) is 8.83. The molecule has 0 amide bonds. The van der Waals surface area contributed by atoms with E-state index in [0.717, 1.165) is 45.8 Å². The van der Waals surface area contributed by atoms with E-state index in [2.05, 4.69) is 23.7 Å². The van der Waals surface area contributed by atoms with E-state index < -0.39 is 23.5 Å². The first-order chi connectivity index (χ1) is 18.1. The summed E-state index contributed by atoms with van der Waals surface area (Å²) in [6.07, 6.45) is -8.84. The molecule has 0 bridgehead atoms. The Labute approximate surface area is 214 Å². The van der Waals surface area contributed by atoms with Crippen molar-refractivity contribution >= 4 is 21.5 Å². The maximum absolute atomic E-state index is 12.9. The van der Waals surface area contributed by atoms with Crippen molar-refractivity contribution in [2.24, 2.45) is 0 Å². The molecule has 5 rings (SSSR count). The Morgan fingerprint density at radius 3 is 0.921 bits per heavy atom. The van der Waals surface area contributed by atoms with Crippen molar-refractivity contribution in [3.63, 3.8) is 0 Å². The quantitative estimate of drug-likeness (QED) is 0.110. The minimum absolute atomic E-state index is 0.442. The smallest absolute Gasteiger partial charge is 0.166 e. The molecule has 0 atom stereocenters. The summed E-state index contributed by atoms with van der Waals surface area (Å²) in [5, 5.41) is 3.23. The van der Waals surface area contributed by atoms with Gasteiger partial charge in [-0.15, -0.1) is 0 Å². The third kappa shape index (κ3) is 5.08. The van der Waals surface area contributed by atoms with Crippen LogP contribution in [0.15, 0.2) is 97.1 Å². The van der Waals surface area contributed by atoms with Crippen LogP contribution < -0.4 is 0 Å². The summed E-state index contributed by atoms with van der Waals surface area (Å²) in [6, 6.07) is 24.3. The average molecular weight is 514 g/mol. The van der Waals surface area contributed by atoms with E-state index in [0.29, 0.717) is 22.3 Å². The molecule has 0 nitrogen and oxygen atoms in total. The van der Waals surface area contributed by atoms with Crippen LogP contribution in [0.4, 0.5) is 26.3 Å². The lowest BCUT2D eigenvalue weighted by molar-refractivity contribution is -0.138. The number of benzene rings is 5. The molecule has 0 heterocycles. The minimum Gasteiger partial charge on any atom is -0.166 e. The van der Waals surface area contributed by atoms with Gasteiger partial charge >= 0.3 is 12.4 Å². The molecule has 0 N–H and O–H groups in total. The molecule has 186 valence electrons. The number of rotatable bonds is 0. The standard InChI is InChI=1S/C32H16F6/c33-31(34,35)23-15-9-21(10-16-23)13-19-29-25-5-1-2-6-26(25)30(28-8-4-3-7-27(28)29)20-14-22-11-17-24(18-12-22)32(36,37)38/h1-12,15-18H. The van der Waals surface area contributed by atoms with Crippen molar-refractivity contribution in [2.45, 2.75) is 12.4 Å². The lowest BCUT2D eigenvalue weighted by Gasteiger charge is -2.10. The van der Waals surface area contributed by atoms with Crippen LogP contribution in [0.2, 0.25) is 0 Å². The second-order valence-corrected chi connectivity index (χ2v) is 8.49. The van der Waals surface area contributed by atoms with Crippen LogP contribution in [0.3, 0.4) is 0 Å². The molecule has 0 spiro atoms. The monoisotopic (exact) mass is 514 g/mol. The van der Waals surface area contributed by atoms with E-state index in [4.69, 9.17) is 0 Å². The molecule has 6 heteroatoms. The third-order valence-electron chi connectivity index (χ3n) is 6.02. The van der Waals surface area contributed by atoms with Gasteiger partial charge in [-0.25, -0.2) is 0 Å². The second kappa shape index (κ2) is 9.65. The topological polar surface area (TPSA) is 0 Å². The largest absolute Gasteiger partial charge is 0.416 e. The van der Waals surface area contributed by atoms with Gasteiger partial charge in [0.15, 0.2) is 0 Å². The molecule has 5 aromatic rings. The maximum Gasteiger partial charge on any atom is 0.416 e. The molecule has 0 fully saturated rings. The first-order valence-electron chi connectivity index (χ1n) is 11.4. The summed E-state index contributed by atoms with van der Waals surface area (Å²) in [5.41, 5.74) is 0.812. The van der Waals surface area contributed by atoms with Crippen molar-refractivity contribution in [3.8, 4) is 23.7 Å². The van der Waals surface area contributed by atoms with Gasteiger partial charge in [-0.2, -0.15) is 26.3 Å². The lowest BCUT2D eigenvalue weighted by Crippen LogP contribution is -2.04. The summed E-state index contributed by atoms with van der Waals surface area (Å²) < 4.78 is 77.4. The SMILES string of the molecule is FC(F)(F)c1ccc(C#Cc2c3ccccc3c(C#Cc3ccc(C(F)(F)F)cc3)c3ccccc23)cc1. The molecule has 0 saturated carbocycles. The molecule has 0 aliphatic carbocycles. The molecular formula is C32H16F6. The zero-order valence-electron chi connectivity index (χ0n) is 19.5. The number of halogens is 6. The fourth-order valence-corrected chi connectivity index (χ4v) is 4.15. The Bertz CT molecular complexity index is 1580. The normalized spacial score (nSPS) is 11.5. The highest BCUT2D eigenvalue weighted by Crippen LogP contribution is 2.33. The van der Waals surface area contributed by atoms with E-state index in [1.54, 1.807) is 0 Å². The zero-order valence-corrected chi connectivity index (χ0v) is 19.5. The molecule has 0 aliphatic heterocycles. The summed E-state index contributed by atoms with van der Waals surface area (Å²) in [6.45, 7) is 0. The Morgan fingerprint density at radius 2 is 0.658 bits per heavy atom. The predicted molar refractivity (Wildman–Crippen MR) is 136 cm³/mol. The van der Waals surface area contributed by atoms with E-state index >= 15 is 0 Å². The van der Waals surface area contributed by atoms with Gasteiger partial charge in [0.05, 0.1) is 11.1 Å². The first kappa shape index (κ1) is 25.0. The molecule has 0 aliphatic rings. The Hall–Kier alpha value is -4.68. The maximum atomic E-state index is 12.9. The van der Waals surface area contributed by atoms with Gasteiger partial charge in [0.25, 0.3) is 0 Å². The lowest BCUT2D eigenvalue weighted by atomic mass is 9.92. The summed E-state index contributed by atoms with van der Waals surface area (Å²) in [5.74, 6) is 12.2. The minimum atomic E-state index is -4.42. The van der Waals surface area contributed by atoms with Gasteiger partial charge in [0, 0.05) is 22.3 Å². The Morgan fingerprint density at radius 1 is 0.368 bits per heavy atom. The van der Waals surface area contributed by atoms with Crippen LogP contribution >= 0.6 is 0 Å². The van der Waals surface area contributed by atoms with Crippen molar-refractivity contribution in [1.29, 1.82) is 0 Å². The molecular weight excluding hydrogens is 498 g/mol. The second-order valence-electron chi connectivity index (χ2n) is 8.49. The van der Waals surface area contributed by atoms with Gasteiger partial charge in [-0.3, -0.25) is 0 Å². The van der Waals surface area contributed by atoms with Gasteiger partial charge in [0.1, 0.15) is 0 Å². The van der Waals surface area contributed by atoms with Crippen molar-refractivity contribution in [3.05, 3.63) is 130 Å². The molecule has 38 heavy (non-hydrogen) atoms. The fraction of sp³-hybridized carbons (Fsp3) is 0.0625. The van der Waals surface area contributed by atoms with Crippen LogP contribution in [0.1, 0.15) is 33.4 Å². The van der Waals surface area contributed by atoms with E-state index in [9.17, 15) is 26.3 Å². The van der Waals surface area contributed by atoms with Crippen LogP contribution in [-0.4, -0.2) is 0 Å². The average Bonchev–Trinajstić information content (AvgIpc) is 2.90. The zero-order chi connectivity index (χ0) is 26.9. The van der Waals surface area contributed by atoms with Crippen LogP contribution in [0.5, 0.6) is 0 Å². The number of alkyl halides is 6. The van der Waals surface area contributed by atoms with Gasteiger partial charge in [-0.05, 0) is 70.1 Å². The molecule has 0 unspecified atom stereocenters. The number of fused-ring (bicyclic) bond motifs is 2. The van der Waals surface area contributed by atoms with E-state index in [1.165, 1.54) is 24.3 Å². The summed E-state index contributed by atoms with van der Waals surface area (Å²) in [7, 11) is 0. The molecule has 0 aromatic heterocycles. The van der Waals surface area contributed by atoms with Crippen molar-refractivity contribution in [1.82, 2.24) is 0 Å². The number of hydrogen-bond donors (Lipinski definition) is 0. The van der Waals surface area contributed by atoms with Crippen LogP contribution in [0.25, 0.3) is 21.5 Å². The highest BCUT2D eigenvalue weighted by atomic mass is 19.4. The Kier molecular flexibility index (Phi) is 6.35. The third-order valence-corrected chi connectivity index (χ3v) is 6.02. The van der Waals surface area contributed by atoms with Crippen LogP contribution in [0, 0.1) is 23.7 Å². The highest BCUT2D eigenvalue weighted by Gasteiger charge is 2.30. The molecule has 0 saturated heterocycles. The van der Waals surface area contributed by atoms with Gasteiger partial charge in [-0.1, -0.05) is 72.2 Å². The van der Waals surface area contributed by atoms with Gasteiger partial charge in [0.2, 0.25) is 0 Å². The first-order valence-corrected chi connectivity index (χ1v) is 11.4. The number of hydrogen-bond acceptors (Lipinski definition) is 0. The fourth-order valence-electron chi connectivity index (χ4n) is 4.15.